The number of likely N-dealkylation sites (tertiary alicyclic amines) is 1. The van der Waals surface area contributed by atoms with Crippen molar-refractivity contribution in [1.82, 2.24) is 25.3 Å². The third kappa shape index (κ3) is 8.69. The molecule has 2 saturated heterocycles. The molecule has 1 aromatic carbocycles. The fourth-order valence-corrected chi connectivity index (χ4v) is 4.17. The van der Waals surface area contributed by atoms with Crippen LogP contribution in [0.2, 0.25) is 0 Å². The van der Waals surface area contributed by atoms with Crippen molar-refractivity contribution in [1.29, 1.82) is 0 Å². The minimum Gasteiger partial charge on any atom is -0.356 e. The number of nitrogens with zero attached hydrogens (tertiary/aromatic N) is 4. The zero-order valence-corrected chi connectivity index (χ0v) is 21.4. The van der Waals surface area contributed by atoms with E-state index in [2.05, 4.69) is 68.6 Å². The number of hydrogen-bond acceptors (Lipinski definition) is 4. The highest BCUT2D eigenvalue weighted by molar-refractivity contribution is 14.0. The van der Waals surface area contributed by atoms with Gasteiger partial charge >= 0.3 is 0 Å². The number of benzene rings is 1. The molecule has 0 saturated carbocycles. The monoisotopic (exact) mass is 528 g/mol. The van der Waals surface area contributed by atoms with Crippen LogP contribution in [0.5, 0.6) is 0 Å². The van der Waals surface area contributed by atoms with E-state index in [0.717, 1.165) is 32.1 Å². The smallest absolute Gasteiger partial charge is 0.191 e. The number of nitrogens with one attached hydrogen (secondary N) is 2. The summed E-state index contributed by atoms with van der Waals surface area (Å²) >= 11 is 0. The summed E-state index contributed by atoms with van der Waals surface area (Å²) in [5, 5.41) is 6.94. The second-order valence-electron chi connectivity index (χ2n) is 8.82. The quantitative estimate of drug-likeness (QED) is 0.309. The van der Waals surface area contributed by atoms with Crippen molar-refractivity contribution in [3.05, 3.63) is 35.4 Å². The minimum absolute atomic E-state index is 0. The molecule has 0 radical (unpaired) electrons. The molecule has 0 aliphatic carbocycles. The molecule has 7 heteroatoms. The first-order valence-corrected chi connectivity index (χ1v) is 11.3. The van der Waals surface area contributed by atoms with Crippen LogP contribution in [0.4, 0.5) is 0 Å². The Morgan fingerprint density at radius 1 is 0.933 bits per heavy atom. The summed E-state index contributed by atoms with van der Waals surface area (Å²) < 4.78 is 0. The number of hydrogen-bond donors (Lipinski definition) is 2. The van der Waals surface area contributed by atoms with Crippen molar-refractivity contribution in [2.75, 3.05) is 66.5 Å². The van der Waals surface area contributed by atoms with Crippen molar-refractivity contribution in [2.45, 2.75) is 32.9 Å². The zero-order chi connectivity index (χ0) is 20.5. The van der Waals surface area contributed by atoms with E-state index in [1.807, 2.05) is 7.05 Å². The Morgan fingerprint density at radius 2 is 1.57 bits per heavy atom. The lowest BCUT2D eigenvalue weighted by molar-refractivity contribution is 0.139. The molecular weight excluding hydrogens is 487 g/mol. The Labute approximate surface area is 200 Å². The van der Waals surface area contributed by atoms with Crippen LogP contribution in [-0.2, 0) is 13.1 Å². The lowest BCUT2D eigenvalue weighted by Gasteiger charge is -2.34. The molecular formula is C23H41IN6. The topological polar surface area (TPSA) is 46.1 Å². The van der Waals surface area contributed by atoms with Crippen LogP contribution in [0.3, 0.4) is 0 Å². The van der Waals surface area contributed by atoms with Gasteiger partial charge in [-0.3, -0.25) is 9.89 Å². The molecule has 1 unspecified atom stereocenters. The Kier molecular flexibility index (Phi) is 11.4. The van der Waals surface area contributed by atoms with E-state index in [-0.39, 0.29) is 24.0 Å². The van der Waals surface area contributed by atoms with Crippen molar-refractivity contribution >= 4 is 29.9 Å². The molecule has 30 heavy (non-hydrogen) atoms. The molecule has 0 aromatic heterocycles. The lowest BCUT2D eigenvalue weighted by Crippen LogP contribution is -2.47. The maximum absolute atomic E-state index is 4.39. The standard InChI is InChI=1S/C23H40N6.HI/c1-20(18-29-14-12-27(3)13-15-29)16-25-23(24-2)26-17-21-6-8-22(9-7-21)19-28-10-4-5-11-28;/h6-9,20H,4-5,10-19H2,1-3H3,(H2,24,25,26);1H. The summed E-state index contributed by atoms with van der Waals surface area (Å²) in [7, 11) is 4.05. The molecule has 2 aliphatic rings. The van der Waals surface area contributed by atoms with Gasteiger partial charge in [0.2, 0.25) is 0 Å². The van der Waals surface area contributed by atoms with Crippen molar-refractivity contribution in [2.24, 2.45) is 10.9 Å². The Hall–Kier alpha value is -0.900. The molecule has 0 bridgehead atoms. The van der Waals surface area contributed by atoms with E-state index in [1.165, 1.54) is 63.2 Å². The van der Waals surface area contributed by atoms with Crippen molar-refractivity contribution in [3.8, 4) is 0 Å². The van der Waals surface area contributed by atoms with E-state index >= 15 is 0 Å². The van der Waals surface area contributed by atoms with Crippen LogP contribution < -0.4 is 10.6 Å². The van der Waals surface area contributed by atoms with Crippen molar-refractivity contribution < 1.29 is 0 Å². The maximum atomic E-state index is 4.39. The van der Waals surface area contributed by atoms with Gasteiger partial charge in [0.05, 0.1) is 0 Å². The molecule has 0 spiro atoms. The summed E-state index contributed by atoms with van der Waals surface area (Å²) in [4.78, 5) is 11.9. The third-order valence-electron chi connectivity index (χ3n) is 6.10. The molecule has 0 amide bonds. The van der Waals surface area contributed by atoms with Gasteiger partial charge in [-0.1, -0.05) is 31.2 Å². The highest BCUT2D eigenvalue weighted by Crippen LogP contribution is 2.13. The Bertz CT molecular complexity index is 621. The van der Waals surface area contributed by atoms with Gasteiger partial charge in [-0.2, -0.15) is 0 Å². The lowest BCUT2D eigenvalue weighted by atomic mass is 10.1. The fourth-order valence-electron chi connectivity index (χ4n) is 4.17. The summed E-state index contributed by atoms with van der Waals surface area (Å²) in [5.74, 6) is 1.48. The predicted molar refractivity (Wildman–Crippen MR) is 138 cm³/mol. The molecule has 6 nitrogen and oxygen atoms in total. The molecule has 1 aromatic rings. The van der Waals surface area contributed by atoms with E-state index in [1.54, 1.807) is 0 Å². The molecule has 1 atom stereocenters. The number of guanidine groups is 1. The molecule has 2 N–H and O–H groups in total. The molecule has 2 heterocycles. The molecule has 3 rings (SSSR count). The number of rotatable bonds is 8. The predicted octanol–water partition coefficient (Wildman–Crippen LogP) is 2.45. The van der Waals surface area contributed by atoms with Gasteiger partial charge in [0.25, 0.3) is 0 Å². The Balaban J connectivity index is 0.00000320. The second kappa shape index (κ2) is 13.5. The maximum Gasteiger partial charge on any atom is 0.191 e. The van der Waals surface area contributed by atoms with Crippen LogP contribution >= 0.6 is 24.0 Å². The Morgan fingerprint density at radius 3 is 2.20 bits per heavy atom. The normalized spacial score (nSPS) is 20.0. The van der Waals surface area contributed by atoms with Gasteiger partial charge < -0.3 is 20.4 Å². The van der Waals surface area contributed by atoms with E-state index in [4.69, 9.17) is 0 Å². The van der Waals surface area contributed by atoms with E-state index < -0.39 is 0 Å². The summed E-state index contributed by atoms with van der Waals surface area (Å²) in [5.41, 5.74) is 2.71. The van der Waals surface area contributed by atoms with Crippen LogP contribution in [-0.4, -0.2) is 87.1 Å². The van der Waals surface area contributed by atoms with Crippen LogP contribution in [0.15, 0.2) is 29.3 Å². The van der Waals surface area contributed by atoms with Gasteiger partial charge in [0.15, 0.2) is 5.96 Å². The summed E-state index contributed by atoms with van der Waals surface area (Å²) in [6.45, 7) is 13.5. The van der Waals surface area contributed by atoms with E-state index in [9.17, 15) is 0 Å². The van der Waals surface area contributed by atoms with Gasteiger partial charge in [0.1, 0.15) is 0 Å². The SMILES string of the molecule is CN=C(NCc1ccc(CN2CCCC2)cc1)NCC(C)CN1CCN(C)CC1.I. The van der Waals surface area contributed by atoms with Crippen LogP contribution in [0.25, 0.3) is 0 Å². The summed E-state index contributed by atoms with van der Waals surface area (Å²) in [6, 6.07) is 9.01. The van der Waals surface area contributed by atoms with Crippen LogP contribution in [0.1, 0.15) is 30.9 Å². The first-order valence-electron chi connectivity index (χ1n) is 11.3. The second-order valence-corrected chi connectivity index (χ2v) is 8.82. The van der Waals surface area contributed by atoms with Gasteiger partial charge in [-0.15, -0.1) is 24.0 Å². The molecule has 2 aliphatic heterocycles. The minimum atomic E-state index is 0. The number of likely N-dealkylation sites (N-methyl/N-ethyl adjacent to an activating group) is 1. The van der Waals surface area contributed by atoms with Gasteiger partial charge in [-0.25, -0.2) is 0 Å². The first kappa shape index (κ1) is 25.4. The third-order valence-corrected chi connectivity index (χ3v) is 6.10. The van der Waals surface area contributed by atoms with Gasteiger partial charge in [0, 0.05) is 59.4 Å². The highest BCUT2D eigenvalue weighted by atomic mass is 127. The van der Waals surface area contributed by atoms with Crippen LogP contribution in [0, 0.1) is 5.92 Å². The average molecular weight is 529 g/mol. The largest absolute Gasteiger partial charge is 0.356 e. The number of halogens is 1. The van der Waals surface area contributed by atoms with Gasteiger partial charge in [-0.05, 0) is 50.0 Å². The van der Waals surface area contributed by atoms with E-state index in [0.29, 0.717) is 5.92 Å². The number of piperazine rings is 1. The average Bonchev–Trinajstić information content (AvgIpc) is 3.24. The number of aliphatic imine (C=N–C) groups is 1. The highest BCUT2D eigenvalue weighted by Gasteiger charge is 2.16. The fraction of sp³-hybridized carbons (Fsp3) is 0.696. The van der Waals surface area contributed by atoms with Crippen molar-refractivity contribution in [3.63, 3.8) is 0 Å². The first-order chi connectivity index (χ1) is 14.1. The molecule has 2 fully saturated rings. The summed E-state index contributed by atoms with van der Waals surface area (Å²) in [6.07, 6.45) is 2.70. The molecule has 170 valence electrons. The zero-order valence-electron chi connectivity index (χ0n) is 19.1.